The lowest BCUT2D eigenvalue weighted by atomic mass is 10.1. The second-order valence-electron chi connectivity index (χ2n) is 4.02. The van der Waals surface area contributed by atoms with Gasteiger partial charge in [-0.25, -0.2) is 0 Å². The van der Waals surface area contributed by atoms with E-state index in [9.17, 15) is 14.4 Å². The number of nitrogens with zero attached hydrogens (tertiary/aromatic N) is 1. The molecule has 0 aromatic carbocycles. The molecular formula is C11H18N2O4. The molecule has 1 unspecified atom stereocenters. The van der Waals surface area contributed by atoms with Crippen LogP contribution in [0.3, 0.4) is 0 Å². The van der Waals surface area contributed by atoms with Gasteiger partial charge in [0.2, 0.25) is 11.8 Å². The van der Waals surface area contributed by atoms with Crippen LogP contribution >= 0.6 is 0 Å². The number of amides is 2. The van der Waals surface area contributed by atoms with E-state index < -0.39 is 0 Å². The van der Waals surface area contributed by atoms with E-state index in [2.05, 4.69) is 5.32 Å². The Morgan fingerprint density at radius 2 is 2.24 bits per heavy atom. The van der Waals surface area contributed by atoms with Gasteiger partial charge in [-0.15, -0.1) is 0 Å². The summed E-state index contributed by atoms with van der Waals surface area (Å²) >= 11 is 0. The third-order valence-corrected chi connectivity index (χ3v) is 2.66. The predicted molar refractivity (Wildman–Crippen MR) is 60.0 cm³/mol. The van der Waals surface area contributed by atoms with E-state index >= 15 is 0 Å². The molecule has 1 rings (SSSR count). The summed E-state index contributed by atoms with van der Waals surface area (Å²) < 4.78 is 4.77. The Kier molecular flexibility index (Phi) is 4.93. The summed E-state index contributed by atoms with van der Waals surface area (Å²) in [6, 6.07) is 0. The van der Waals surface area contributed by atoms with Crippen molar-refractivity contribution in [1.82, 2.24) is 10.2 Å². The molecular weight excluding hydrogens is 224 g/mol. The number of rotatable bonds is 5. The van der Waals surface area contributed by atoms with Crippen molar-refractivity contribution in [2.45, 2.75) is 19.8 Å². The number of hydrogen-bond donors (Lipinski definition) is 1. The Morgan fingerprint density at radius 1 is 1.53 bits per heavy atom. The maximum Gasteiger partial charge on any atom is 0.307 e. The quantitative estimate of drug-likeness (QED) is 0.662. The second-order valence-corrected chi connectivity index (χ2v) is 4.02. The molecule has 0 aliphatic carbocycles. The molecule has 17 heavy (non-hydrogen) atoms. The van der Waals surface area contributed by atoms with Gasteiger partial charge in [0, 0.05) is 26.6 Å². The van der Waals surface area contributed by atoms with E-state index in [0.29, 0.717) is 19.7 Å². The summed E-state index contributed by atoms with van der Waals surface area (Å²) in [5.41, 5.74) is 0. The maximum absolute atomic E-state index is 11.8. The van der Waals surface area contributed by atoms with Crippen LogP contribution in [0.4, 0.5) is 0 Å². The van der Waals surface area contributed by atoms with Gasteiger partial charge in [-0.05, 0) is 6.92 Å². The molecule has 1 fully saturated rings. The molecule has 0 spiro atoms. The molecule has 1 heterocycles. The summed E-state index contributed by atoms with van der Waals surface area (Å²) in [7, 11) is 1.63. The van der Waals surface area contributed by atoms with Gasteiger partial charge in [0.1, 0.15) is 0 Å². The van der Waals surface area contributed by atoms with E-state index in [1.54, 1.807) is 14.0 Å². The average Bonchev–Trinajstić information content (AvgIpc) is 2.72. The average molecular weight is 242 g/mol. The van der Waals surface area contributed by atoms with E-state index in [0.717, 1.165) is 0 Å². The van der Waals surface area contributed by atoms with Crippen LogP contribution in [0.1, 0.15) is 19.8 Å². The molecule has 1 saturated heterocycles. The largest absolute Gasteiger partial charge is 0.466 e. The first kappa shape index (κ1) is 13.5. The molecule has 96 valence electrons. The highest BCUT2D eigenvalue weighted by Crippen LogP contribution is 2.12. The Bertz CT molecular complexity index is 317. The lowest BCUT2D eigenvalue weighted by Gasteiger charge is -2.19. The number of nitrogens with one attached hydrogen (secondary N) is 1. The second kappa shape index (κ2) is 6.22. The van der Waals surface area contributed by atoms with Crippen molar-refractivity contribution in [3.05, 3.63) is 0 Å². The number of carbonyl (C=O) groups excluding carboxylic acids is 3. The molecule has 0 radical (unpaired) electrons. The summed E-state index contributed by atoms with van der Waals surface area (Å²) in [5.74, 6) is -0.808. The zero-order valence-electron chi connectivity index (χ0n) is 10.2. The minimum atomic E-state index is -0.312. The van der Waals surface area contributed by atoms with Crippen molar-refractivity contribution >= 4 is 17.8 Å². The third-order valence-electron chi connectivity index (χ3n) is 2.66. The number of esters is 1. The maximum atomic E-state index is 11.8. The van der Waals surface area contributed by atoms with Gasteiger partial charge in [0.25, 0.3) is 0 Å². The van der Waals surface area contributed by atoms with Crippen molar-refractivity contribution < 1.29 is 19.1 Å². The molecule has 6 heteroatoms. The van der Waals surface area contributed by atoms with E-state index in [1.807, 2.05) is 0 Å². The van der Waals surface area contributed by atoms with Gasteiger partial charge in [-0.1, -0.05) is 0 Å². The van der Waals surface area contributed by atoms with Gasteiger partial charge in [0.15, 0.2) is 0 Å². The zero-order valence-corrected chi connectivity index (χ0v) is 10.2. The normalized spacial score (nSPS) is 18.7. The van der Waals surface area contributed by atoms with Gasteiger partial charge in [-0.2, -0.15) is 0 Å². The van der Waals surface area contributed by atoms with Gasteiger partial charge in [-0.3, -0.25) is 14.4 Å². The van der Waals surface area contributed by atoms with Crippen LogP contribution in [-0.2, 0) is 19.1 Å². The molecule has 1 aliphatic heterocycles. The third kappa shape index (κ3) is 4.05. The van der Waals surface area contributed by atoms with Gasteiger partial charge >= 0.3 is 5.97 Å². The first-order chi connectivity index (χ1) is 8.04. The molecule has 0 bridgehead atoms. The lowest BCUT2D eigenvalue weighted by molar-refractivity contribution is -0.144. The smallest absolute Gasteiger partial charge is 0.307 e. The minimum Gasteiger partial charge on any atom is -0.466 e. The first-order valence-corrected chi connectivity index (χ1v) is 5.72. The van der Waals surface area contributed by atoms with Crippen LogP contribution in [0.5, 0.6) is 0 Å². The van der Waals surface area contributed by atoms with Crippen molar-refractivity contribution in [2.75, 3.05) is 26.7 Å². The molecule has 1 N–H and O–H groups in total. The Balaban J connectivity index is 2.32. The van der Waals surface area contributed by atoms with Crippen LogP contribution in [0.25, 0.3) is 0 Å². The molecule has 1 atom stereocenters. The van der Waals surface area contributed by atoms with Crippen molar-refractivity contribution in [3.8, 4) is 0 Å². The van der Waals surface area contributed by atoms with Gasteiger partial charge < -0.3 is 15.0 Å². The Hall–Kier alpha value is -1.59. The number of ether oxygens (including phenoxy) is 1. The lowest BCUT2D eigenvalue weighted by Crippen LogP contribution is -2.35. The summed E-state index contributed by atoms with van der Waals surface area (Å²) in [4.78, 5) is 35.4. The highest BCUT2D eigenvalue weighted by Gasteiger charge is 2.29. The van der Waals surface area contributed by atoms with Crippen LogP contribution in [0.15, 0.2) is 0 Å². The zero-order chi connectivity index (χ0) is 12.8. The van der Waals surface area contributed by atoms with Crippen LogP contribution in [0, 0.1) is 5.92 Å². The predicted octanol–water partition coefficient (Wildman–Crippen LogP) is -0.466. The Morgan fingerprint density at radius 3 is 2.76 bits per heavy atom. The SMILES string of the molecule is CCOC(=O)CCN(C)C(=O)C1CNC(=O)C1. The fraction of sp³-hybridized carbons (Fsp3) is 0.727. The monoisotopic (exact) mass is 242 g/mol. The molecule has 6 nitrogen and oxygen atoms in total. The molecule has 0 saturated carbocycles. The molecule has 0 aromatic rings. The number of carbonyl (C=O) groups is 3. The van der Waals surface area contributed by atoms with Crippen LogP contribution in [-0.4, -0.2) is 49.4 Å². The van der Waals surface area contributed by atoms with Crippen LogP contribution < -0.4 is 5.32 Å². The summed E-state index contributed by atoms with van der Waals surface area (Å²) in [6.45, 7) is 2.80. The van der Waals surface area contributed by atoms with E-state index in [1.165, 1.54) is 4.90 Å². The highest BCUT2D eigenvalue weighted by molar-refractivity contribution is 5.89. The van der Waals surface area contributed by atoms with Crippen LogP contribution in [0.2, 0.25) is 0 Å². The standard InChI is InChI=1S/C11H18N2O4/c1-3-17-10(15)4-5-13(2)11(16)8-6-9(14)12-7-8/h8H,3-7H2,1-2H3,(H,12,14). The molecule has 1 aliphatic rings. The summed E-state index contributed by atoms with van der Waals surface area (Å²) in [5, 5.41) is 2.61. The number of hydrogen-bond acceptors (Lipinski definition) is 4. The molecule has 2 amide bonds. The minimum absolute atomic E-state index is 0.0952. The van der Waals surface area contributed by atoms with Crippen molar-refractivity contribution in [3.63, 3.8) is 0 Å². The van der Waals surface area contributed by atoms with Crippen molar-refractivity contribution in [1.29, 1.82) is 0 Å². The first-order valence-electron chi connectivity index (χ1n) is 5.72. The Labute approximate surface area is 100 Å². The fourth-order valence-corrected chi connectivity index (χ4v) is 1.69. The van der Waals surface area contributed by atoms with Crippen molar-refractivity contribution in [2.24, 2.45) is 5.92 Å². The highest BCUT2D eigenvalue weighted by atomic mass is 16.5. The summed E-state index contributed by atoms with van der Waals surface area (Å²) in [6.07, 6.45) is 0.423. The molecule has 0 aromatic heterocycles. The van der Waals surface area contributed by atoms with E-state index in [4.69, 9.17) is 4.74 Å². The fourth-order valence-electron chi connectivity index (χ4n) is 1.69. The topological polar surface area (TPSA) is 75.7 Å². The van der Waals surface area contributed by atoms with E-state index in [-0.39, 0.29) is 36.5 Å². The van der Waals surface area contributed by atoms with Gasteiger partial charge in [0.05, 0.1) is 18.9 Å².